The topological polar surface area (TPSA) is 112 Å². The van der Waals surface area contributed by atoms with E-state index in [1.54, 1.807) is 30.2 Å². The lowest BCUT2D eigenvalue weighted by Gasteiger charge is -2.41. The lowest BCUT2D eigenvalue weighted by molar-refractivity contribution is -0.124. The fourth-order valence-corrected chi connectivity index (χ4v) is 5.94. The van der Waals surface area contributed by atoms with Crippen LogP contribution in [0.1, 0.15) is 57.9 Å². The van der Waals surface area contributed by atoms with Crippen molar-refractivity contribution in [1.82, 2.24) is 4.90 Å². The number of likely N-dealkylation sites (tertiary alicyclic amines) is 1. The first-order chi connectivity index (χ1) is 20.1. The van der Waals surface area contributed by atoms with Gasteiger partial charge in [-0.25, -0.2) is 4.79 Å². The summed E-state index contributed by atoms with van der Waals surface area (Å²) in [6, 6.07) is 12.8. The van der Waals surface area contributed by atoms with Gasteiger partial charge >= 0.3 is 6.09 Å². The number of anilines is 2. The van der Waals surface area contributed by atoms with Crippen LogP contribution >= 0.6 is 0 Å². The molecule has 228 valence electrons. The Morgan fingerprint density at radius 2 is 1.90 bits per heavy atom. The van der Waals surface area contributed by atoms with Gasteiger partial charge in [-0.2, -0.15) is 0 Å². The van der Waals surface area contributed by atoms with Crippen molar-refractivity contribution < 1.29 is 34.0 Å². The van der Waals surface area contributed by atoms with Crippen molar-refractivity contribution in [3.63, 3.8) is 0 Å². The Balaban J connectivity index is 1.47. The Bertz CT molecular complexity index is 1270. The van der Waals surface area contributed by atoms with E-state index in [0.717, 1.165) is 36.2 Å². The molecule has 10 heteroatoms. The molecule has 0 spiro atoms. The van der Waals surface area contributed by atoms with Crippen molar-refractivity contribution in [3.8, 4) is 11.5 Å². The molecule has 2 N–H and O–H groups in total. The average Bonchev–Trinajstić information content (AvgIpc) is 3.78. The molecule has 1 saturated heterocycles. The number of ether oxygens (including phenoxy) is 3. The number of aliphatic hydroxyl groups excluding tert-OH is 1. The van der Waals surface area contributed by atoms with Gasteiger partial charge in [-0.15, -0.1) is 0 Å². The summed E-state index contributed by atoms with van der Waals surface area (Å²) >= 11 is 0. The minimum absolute atomic E-state index is 0.0497. The van der Waals surface area contributed by atoms with E-state index in [4.69, 9.17) is 14.2 Å². The van der Waals surface area contributed by atoms with Gasteiger partial charge < -0.3 is 39.1 Å². The maximum absolute atomic E-state index is 14.6. The van der Waals surface area contributed by atoms with Crippen LogP contribution in [0.4, 0.5) is 16.2 Å². The zero-order valence-corrected chi connectivity index (χ0v) is 25.0. The van der Waals surface area contributed by atoms with Gasteiger partial charge in [0, 0.05) is 45.1 Å². The van der Waals surface area contributed by atoms with Crippen molar-refractivity contribution in [2.75, 3.05) is 49.8 Å². The highest BCUT2D eigenvalue weighted by Gasteiger charge is 2.44. The molecular formula is C32H43N3O7. The maximum Gasteiger partial charge on any atom is 0.410 e. The SMILES string of the molecule is COCCCN1c2cc(N(C(=O)[C@H]3CN(C(=O)OC(C)(C)C)CC[C@@H]3c3cccc(O)c3)C3CC3)ccc2OCC1O. The molecule has 2 aromatic carbocycles. The van der Waals surface area contributed by atoms with Gasteiger partial charge in [0.15, 0.2) is 6.23 Å². The van der Waals surface area contributed by atoms with Crippen LogP contribution in [0.25, 0.3) is 0 Å². The van der Waals surface area contributed by atoms with Crippen molar-refractivity contribution in [3.05, 3.63) is 48.0 Å². The summed E-state index contributed by atoms with van der Waals surface area (Å²) in [5.74, 6) is 0.0228. The number of piperidine rings is 1. The summed E-state index contributed by atoms with van der Waals surface area (Å²) in [4.78, 5) is 33.1. The molecule has 3 atom stereocenters. The third kappa shape index (κ3) is 6.76. The molecule has 2 aromatic rings. The van der Waals surface area contributed by atoms with Crippen LogP contribution in [-0.2, 0) is 14.3 Å². The standard InChI is InChI=1S/C32H43N3O7/c1-32(2,3)42-31(39)33-15-13-25(21-7-5-8-24(36)17-21)26(19-33)30(38)35(22-9-10-22)23-11-12-28-27(18-23)34(14-6-16-40-4)29(37)20-41-28/h5,7-8,11-12,17-18,22,25-26,29,36-37H,6,9-10,13-16,19-20H2,1-4H3/t25-,26+,29?/m1/s1. The summed E-state index contributed by atoms with van der Waals surface area (Å²) in [5.41, 5.74) is 1.70. The van der Waals surface area contributed by atoms with E-state index >= 15 is 0 Å². The van der Waals surface area contributed by atoms with Gasteiger partial charge in [0.25, 0.3) is 0 Å². The molecule has 2 aliphatic heterocycles. The minimum Gasteiger partial charge on any atom is -0.508 e. The minimum atomic E-state index is -0.800. The molecule has 1 unspecified atom stereocenters. The molecular weight excluding hydrogens is 538 g/mol. The number of aromatic hydroxyl groups is 1. The van der Waals surface area contributed by atoms with E-state index in [0.29, 0.717) is 31.9 Å². The third-order valence-corrected chi connectivity index (χ3v) is 8.05. The molecule has 42 heavy (non-hydrogen) atoms. The van der Waals surface area contributed by atoms with Crippen LogP contribution in [0.2, 0.25) is 0 Å². The van der Waals surface area contributed by atoms with Gasteiger partial charge in [-0.3, -0.25) is 4.79 Å². The Morgan fingerprint density at radius 1 is 1.12 bits per heavy atom. The summed E-state index contributed by atoms with van der Waals surface area (Å²) in [5, 5.41) is 21.0. The quantitative estimate of drug-likeness (QED) is 0.439. The van der Waals surface area contributed by atoms with Crippen molar-refractivity contribution in [2.24, 2.45) is 5.92 Å². The highest BCUT2D eigenvalue weighted by atomic mass is 16.6. The van der Waals surface area contributed by atoms with Crippen molar-refractivity contribution in [2.45, 2.75) is 70.2 Å². The molecule has 2 fully saturated rings. The second-order valence-corrected chi connectivity index (χ2v) is 12.4. The average molecular weight is 582 g/mol. The molecule has 1 aliphatic carbocycles. The molecule has 5 rings (SSSR count). The molecule has 2 heterocycles. The number of hydrogen-bond donors (Lipinski definition) is 2. The second kappa shape index (κ2) is 12.4. The van der Waals surface area contributed by atoms with E-state index in [9.17, 15) is 19.8 Å². The predicted molar refractivity (Wildman–Crippen MR) is 159 cm³/mol. The van der Waals surface area contributed by atoms with E-state index < -0.39 is 23.8 Å². The Morgan fingerprint density at radius 3 is 2.60 bits per heavy atom. The number of amides is 2. The predicted octanol–water partition coefficient (Wildman–Crippen LogP) is 4.48. The Labute approximate surface area is 247 Å². The Hall–Kier alpha value is -3.50. The van der Waals surface area contributed by atoms with Crippen molar-refractivity contribution in [1.29, 1.82) is 0 Å². The first kappa shape index (κ1) is 30.0. The highest BCUT2D eigenvalue weighted by molar-refractivity contribution is 5.98. The number of fused-ring (bicyclic) bond motifs is 1. The smallest absolute Gasteiger partial charge is 0.410 e. The van der Waals surface area contributed by atoms with Gasteiger partial charge in [0.05, 0.1) is 11.6 Å². The number of rotatable bonds is 8. The van der Waals surface area contributed by atoms with Crippen LogP contribution in [0.15, 0.2) is 42.5 Å². The summed E-state index contributed by atoms with van der Waals surface area (Å²) in [7, 11) is 1.65. The summed E-state index contributed by atoms with van der Waals surface area (Å²) in [6.07, 6.45) is 1.84. The van der Waals surface area contributed by atoms with Crippen LogP contribution in [0.5, 0.6) is 11.5 Å². The van der Waals surface area contributed by atoms with Gasteiger partial charge in [0.2, 0.25) is 5.91 Å². The normalized spacial score (nSPS) is 22.3. The highest BCUT2D eigenvalue weighted by Crippen LogP contribution is 2.43. The van der Waals surface area contributed by atoms with Crippen LogP contribution in [0, 0.1) is 5.92 Å². The number of carbonyl (C=O) groups is 2. The number of benzene rings is 2. The van der Waals surface area contributed by atoms with E-state index in [-0.39, 0.29) is 36.8 Å². The van der Waals surface area contributed by atoms with Gasteiger partial charge in [0.1, 0.15) is 23.7 Å². The third-order valence-electron chi connectivity index (χ3n) is 8.05. The number of hydrogen-bond acceptors (Lipinski definition) is 8. The lowest BCUT2D eigenvalue weighted by atomic mass is 9.79. The van der Waals surface area contributed by atoms with E-state index in [2.05, 4.69) is 0 Å². The Kier molecular flexibility index (Phi) is 8.84. The molecule has 0 bridgehead atoms. The number of aliphatic hydroxyl groups is 1. The van der Waals surface area contributed by atoms with Crippen LogP contribution in [-0.4, -0.2) is 84.9 Å². The van der Waals surface area contributed by atoms with E-state index in [1.165, 1.54) is 0 Å². The summed E-state index contributed by atoms with van der Waals surface area (Å²) in [6.45, 7) is 7.47. The number of methoxy groups -OCH3 is 1. The maximum atomic E-state index is 14.6. The molecule has 1 saturated carbocycles. The second-order valence-electron chi connectivity index (χ2n) is 12.4. The molecule has 0 radical (unpaired) electrons. The first-order valence-electron chi connectivity index (χ1n) is 14.9. The monoisotopic (exact) mass is 581 g/mol. The zero-order chi connectivity index (χ0) is 30.0. The number of phenols is 1. The van der Waals surface area contributed by atoms with Crippen LogP contribution in [0.3, 0.4) is 0 Å². The van der Waals surface area contributed by atoms with Crippen molar-refractivity contribution >= 4 is 23.4 Å². The molecule has 10 nitrogen and oxygen atoms in total. The molecule has 0 aromatic heterocycles. The summed E-state index contributed by atoms with van der Waals surface area (Å²) < 4.78 is 16.7. The fraction of sp³-hybridized carbons (Fsp3) is 0.562. The van der Waals surface area contributed by atoms with Crippen LogP contribution < -0.4 is 14.5 Å². The largest absolute Gasteiger partial charge is 0.508 e. The number of phenolic OH excluding ortho intramolecular Hbond substituents is 1. The number of nitrogens with zero attached hydrogens (tertiary/aromatic N) is 3. The lowest BCUT2D eigenvalue weighted by Crippen LogP contribution is -2.51. The number of carbonyl (C=O) groups excluding carboxylic acids is 2. The molecule has 3 aliphatic rings. The zero-order valence-electron chi connectivity index (χ0n) is 25.0. The first-order valence-corrected chi connectivity index (χ1v) is 14.9. The molecule has 2 amide bonds. The van der Waals surface area contributed by atoms with Gasteiger partial charge in [-0.1, -0.05) is 12.1 Å². The van der Waals surface area contributed by atoms with Gasteiger partial charge in [-0.05, 0) is 88.3 Å². The fourth-order valence-electron chi connectivity index (χ4n) is 5.94. The van der Waals surface area contributed by atoms with E-state index in [1.807, 2.05) is 54.8 Å².